The topological polar surface area (TPSA) is 59.0 Å². The molecule has 1 aromatic heterocycles. The highest BCUT2D eigenvalue weighted by molar-refractivity contribution is 5.81. The van der Waals surface area contributed by atoms with Gasteiger partial charge in [-0.25, -0.2) is 9.37 Å². The van der Waals surface area contributed by atoms with E-state index in [9.17, 15) is 9.18 Å². The SMILES string of the molecule is O=C(NCc1ccc(-n2ccnc2)c(F)c1)[C@H]1CCCCN1. The Labute approximate surface area is 128 Å². The molecule has 0 spiro atoms. The van der Waals surface area contributed by atoms with E-state index in [1.807, 2.05) is 6.07 Å². The van der Waals surface area contributed by atoms with Crippen LogP contribution in [0.15, 0.2) is 36.9 Å². The molecule has 1 aromatic carbocycles. The molecule has 0 unspecified atom stereocenters. The molecule has 3 rings (SSSR count). The van der Waals surface area contributed by atoms with E-state index in [0.717, 1.165) is 31.4 Å². The Morgan fingerprint density at radius 2 is 2.36 bits per heavy atom. The minimum absolute atomic E-state index is 0.0150. The van der Waals surface area contributed by atoms with E-state index < -0.39 is 0 Å². The van der Waals surface area contributed by atoms with Gasteiger partial charge in [-0.1, -0.05) is 12.5 Å². The molecule has 2 aromatic rings. The highest BCUT2D eigenvalue weighted by atomic mass is 19.1. The van der Waals surface area contributed by atoms with Gasteiger partial charge in [0, 0.05) is 18.9 Å². The normalized spacial score (nSPS) is 18.1. The standard InChI is InChI=1S/C16H19FN4O/c17-13-9-12(4-5-15(13)21-8-7-18-11-21)10-20-16(22)14-3-1-2-6-19-14/h4-5,7-9,11,14,19H,1-3,6,10H2,(H,20,22)/t14-/m1/s1. The lowest BCUT2D eigenvalue weighted by atomic mass is 10.0. The Morgan fingerprint density at radius 3 is 3.05 bits per heavy atom. The summed E-state index contributed by atoms with van der Waals surface area (Å²) >= 11 is 0. The number of amides is 1. The van der Waals surface area contributed by atoms with Crippen LogP contribution < -0.4 is 10.6 Å². The van der Waals surface area contributed by atoms with E-state index in [2.05, 4.69) is 15.6 Å². The molecule has 0 radical (unpaired) electrons. The number of nitrogens with one attached hydrogen (secondary N) is 2. The van der Waals surface area contributed by atoms with Crippen molar-refractivity contribution in [1.82, 2.24) is 20.2 Å². The van der Waals surface area contributed by atoms with Crippen LogP contribution in [0.25, 0.3) is 5.69 Å². The first kappa shape index (κ1) is 14.7. The number of imidazole rings is 1. The molecule has 1 fully saturated rings. The minimum Gasteiger partial charge on any atom is -0.351 e. The second kappa shape index (κ2) is 6.70. The van der Waals surface area contributed by atoms with E-state index in [1.54, 1.807) is 29.4 Å². The third-order valence-electron chi connectivity index (χ3n) is 3.89. The maximum absolute atomic E-state index is 14.1. The summed E-state index contributed by atoms with van der Waals surface area (Å²) in [6.07, 6.45) is 7.89. The molecular weight excluding hydrogens is 283 g/mol. The number of hydrogen-bond acceptors (Lipinski definition) is 3. The third-order valence-corrected chi connectivity index (χ3v) is 3.89. The van der Waals surface area contributed by atoms with Crippen LogP contribution in [0.4, 0.5) is 4.39 Å². The summed E-state index contributed by atoms with van der Waals surface area (Å²) in [5, 5.41) is 6.06. The smallest absolute Gasteiger partial charge is 0.237 e. The van der Waals surface area contributed by atoms with Crippen LogP contribution in [0, 0.1) is 5.82 Å². The van der Waals surface area contributed by atoms with Crippen LogP contribution >= 0.6 is 0 Å². The summed E-state index contributed by atoms with van der Waals surface area (Å²) in [4.78, 5) is 15.9. The number of piperidine rings is 1. The van der Waals surface area contributed by atoms with E-state index >= 15 is 0 Å². The van der Waals surface area contributed by atoms with Gasteiger partial charge in [-0.3, -0.25) is 4.79 Å². The number of halogens is 1. The maximum Gasteiger partial charge on any atom is 0.237 e. The second-order valence-electron chi connectivity index (χ2n) is 5.48. The molecule has 2 heterocycles. The zero-order chi connectivity index (χ0) is 15.4. The number of aromatic nitrogens is 2. The van der Waals surface area contributed by atoms with Gasteiger partial charge in [-0.15, -0.1) is 0 Å². The van der Waals surface area contributed by atoms with E-state index in [0.29, 0.717) is 12.2 Å². The van der Waals surface area contributed by atoms with Crippen molar-refractivity contribution in [2.75, 3.05) is 6.54 Å². The molecule has 1 amide bonds. The van der Waals surface area contributed by atoms with Crippen LogP contribution in [0.2, 0.25) is 0 Å². The van der Waals surface area contributed by atoms with Gasteiger partial charge in [-0.05, 0) is 37.1 Å². The molecule has 0 bridgehead atoms. The van der Waals surface area contributed by atoms with E-state index in [4.69, 9.17) is 0 Å². The average Bonchev–Trinajstić information content (AvgIpc) is 3.07. The number of benzene rings is 1. The van der Waals surface area contributed by atoms with E-state index in [1.165, 1.54) is 6.07 Å². The molecule has 116 valence electrons. The lowest BCUT2D eigenvalue weighted by Crippen LogP contribution is -2.46. The quantitative estimate of drug-likeness (QED) is 0.905. The first-order valence-corrected chi connectivity index (χ1v) is 7.52. The molecule has 0 saturated carbocycles. The lowest BCUT2D eigenvalue weighted by Gasteiger charge is -2.22. The monoisotopic (exact) mass is 302 g/mol. The summed E-state index contributed by atoms with van der Waals surface area (Å²) in [5.41, 5.74) is 1.19. The van der Waals surface area contributed by atoms with Gasteiger partial charge < -0.3 is 15.2 Å². The summed E-state index contributed by atoms with van der Waals surface area (Å²) < 4.78 is 15.7. The van der Waals surface area contributed by atoms with Crippen molar-refractivity contribution in [3.05, 3.63) is 48.3 Å². The highest BCUT2D eigenvalue weighted by Crippen LogP contribution is 2.15. The molecule has 5 nitrogen and oxygen atoms in total. The van der Waals surface area contributed by atoms with Gasteiger partial charge in [0.2, 0.25) is 5.91 Å². The summed E-state index contributed by atoms with van der Waals surface area (Å²) in [6.45, 7) is 1.21. The highest BCUT2D eigenvalue weighted by Gasteiger charge is 2.19. The van der Waals surface area contributed by atoms with Crippen molar-refractivity contribution in [2.45, 2.75) is 31.8 Å². The molecular formula is C16H19FN4O. The Kier molecular flexibility index (Phi) is 4.48. The summed E-state index contributed by atoms with van der Waals surface area (Å²) in [6, 6.07) is 4.83. The van der Waals surface area contributed by atoms with Crippen LogP contribution in [0.3, 0.4) is 0 Å². The van der Waals surface area contributed by atoms with Gasteiger partial charge in [-0.2, -0.15) is 0 Å². The van der Waals surface area contributed by atoms with Gasteiger partial charge in [0.05, 0.1) is 18.1 Å². The van der Waals surface area contributed by atoms with Gasteiger partial charge in [0.25, 0.3) is 0 Å². The Morgan fingerprint density at radius 1 is 1.45 bits per heavy atom. The maximum atomic E-state index is 14.1. The number of rotatable bonds is 4. The molecule has 1 aliphatic rings. The van der Waals surface area contributed by atoms with Crippen molar-refractivity contribution in [3.8, 4) is 5.69 Å². The van der Waals surface area contributed by atoms with Crippen molar-refractivity contribution < 1.29 is 9.18 Å². The molecule has 6 heteroatoms. The van der Waals surface area contributed by atoms with Gasteiger partial charge in [0.15, 0.2) is 0 Å². The third kappa shape index (κ3) is 3.33. The lowest BCUT2D eigenvalue weighted by molar-refractivity contribution is -0.123. The van der Waals surface area contributed by atoms with Crippen LogP contribution in [-0.4, -0.2) is 28.0 Å². The van der Waals surface area contributed by atoms with Gasteiger partial charge in [0.1, 0.15) is 5.82 Å². The first-order chi connectivity index (χ1) is 10.7. The molecule has 1 atom stereocenters. The van der Waals surface area contributed by atoms with E-state index in [-0.39, 0.29) is 17.8 Å². The van der Waals surface area contributed by atoms with Gasteiger partial charge >= 0.3 is 0 Å². The number of carbonyl (C=O) groups is 1. The first-order valence-electron chi connectivity index (χ1n) is 7.52. The Balaban J connectivity index is 1.61. The molecule has 0 aliphatic carbocycles. The summed E-state index contributed by atoms with van der Waals surface area (Å²) in [7, 11) is 0. The molecule has 22 heavy (non-hydrogen) atoms. The predicted octanol–water partition coefficient (Wildman–Crippen LogP) is 1.77. The zero-order valence-electron chi connectivity index (χ0n) is 12.3. The minimum atomic E-state index is -0.333. The molecule has 1 saturated heterocycles. The molecule has 2 N–H and O–H groups in total. The number of hydrogen-bond donors (Lipinski definition) is 2. The summed E-state index contributed by atoms with van der Waals surface area (Å²) in [5.74, 6) is -0.348. The van der Waals surface area contributed by atoms with Crippen molar-refractivity contribution in [3.63, 3.8) is 0 Å². The largest absolute Gasteiger partial charge is 0.351 e. The fourth-order valence-corrected chi connectivity index (χ4v) is 2.66. The van der Waals surface area contributed by atoms with Crippen molar-refractivity contribution in [1.29, 1.82) is 0 Å². The predicted molar refractivity (Wildman–Crippen MR) is 81.0 cm³/mol. The van der Waals surface area contributed by atoms with Crippen LogP contribution in [0.5, 0.6) is 0 Å². The van der Waals surface area contributed by atoms with Crippen LogP contribution in [0.1, 0.15) is 24.8 Å². The fourth-order valence-electron chi connectivity index (χ4n) is 2.66. The van der Waals surface area contributed by atoms with Crippen molar-refractivity contribution in [2.24, 2.45) is 0 Å². The Bertz CT molecular complexity index is 636. The second-order valence-corrected chi connectivity index (χ2v) is 5.48. The Hall–Kier alpha value is -2.21. The fraction of sp³-hybridized carbons (Fsp3) is 0.375. The van der Waals surface area contributed by atoms with Crippen molar-refractivity contribution >= 4 is 5.91 Å². The zero-order valence-corrected chi connectivity index (χ0v) is 12.3. The number of carbonyl (C=O) groups excluding carboxylic acids is 1. The van der Waals surface area contributed by atoms with Crippen LogP contribution in [-0.2, 0) is 11.3 Å². The average molecular weight is 302 g/mol. The molecule has 1 aliphatic heterocycles. The number of nitrogens with zero attached hydrogens (tertiary/aromatic N) is 2.